The predicted octanol–water partition coefficient (Wildman–Crippen LogP) is 3.87. The Morgan fingerprint density at radius 3 is 2.61 bits per heavy atom. The maximum absolute atomic E-state index is 11.5. The largest absolute Gasteiger partial charge is 0.478 e. The van der Waals surface area contributed by atoms with Crippen molar-refractivity contribution in [2.45, 2.75) is 46.1 Å². The van der Waals surface area contributed by atoms with Gasteiger partial charge in [-0.3, -0.25) is 0 Å². The molecule has 1 aromatic rings. The fourth-order valence-electron chi connectivity index (χ4n) is 2.91. The Morgan fingerprint density at radius 1 is 1.39 bits per heavy atom. The van der Waals surface area contributed by atoms with Crippen LogP contribution in [0.1, 0.15) is 39.2 Å². The molecule has 1 atom stereocenters. The highest BCUT2D eigenvalue weighted by molar-refractivity contribution is 9.10. The van der Waals surface area contributed by atoms with Gasteiger partial charge in [0.15, 0.2) is 6.10 Å². The SMILES string of the molecule is CC(C)(C)C(Oc1cc(CC2CCNCC2)ccc1Br)C(=O)O. The molecule has 0 aromatic heterocycles. The van der Waals surface area contributed by atoms with Gasteiger partial charge in [-0.1, -0.05) is 26.8 Å². The highest BCUT2D eigenvalue weighted by Gasteiger charge is 2.33. The van der Waals surface area contributed by atoms with Crippen molar-refractivity contribution in [1.82, 2.24) is 5.32 Å². The van der Waals surface area contributed by atoms with Crippen molar-refractivity contribution in [3.8, 4) is 5.75 Å². The van der Waals surface area contributed by atoms with Gasteiger partial charge in [-0.25, -0.2) is 4.79 Å². The van der Waals surface area contributed by atoms with Gasteiger partial charge >= 0.3 is 5.97 Å². The maximum atomic E-state index is 11.5. The molecule has 1 saturated heterocycles. The zero-order chi connectivity index (χ0) is 17.0. The van der Waals surface area contributed by atoms with E-state index in [9.17, 15) is 9.90 Å². The van der Waals surface area contributed by atoms with Crippen molar-refractivity contribution in [3.05, 3.63) is 28.2 Å². The fraction of sp³-hybridized carbons (Fsp3) is 0.611. The molecule has 0 amide bonds. The summed E-state index contributed by atoms with van der Waals surface area (Å²) in [7, 11) is 0. The molecule has 0 saturated carbocycles. The van der Waals surface area contributed by atoms with Crippen molar-refractivity contribution < 1.29 is 14.6 Å². The van der Waals surface area contributed by atoms with Crippen LogP contribution in [-0.2, 0) is 11.2 Å². The van der Waals surface area contributed by atoms with Gasteiger partial charge < -0.3 is 15.2 Å². The normalized spacial score (nSPS) is 17.7. The third-order valence-corrected chi connectivity index (χ3v) is 4.89. The molecule has 2 N–H and O–H groups in total. The predicted molar refractivity (Wildman–Crippen MR) is 94.9 cm³/mol. The van der Waals surface area contributed by atoms with Crippen molar-refractivity contribution in [1.29, 1.82) is 0 Å². The number of carbonyl (C=O) groups is 1. The number of carboxylic acid groups (broad SMARTS) is 1. The lowest BCUT2D eigenvalue weighted by atomic mass is 9.89. The number of rotatable bonds is 5. The second kappa shape index (κ2) is 7.67. The standard InChI is InChI=1S/C18H26BrNO3/c1-18(2,3)16(17(21)22)23-15-11-13(4-5-14(15)19)10-12-6-8-20-9-7-12/h4-5,11-12,16,20H,6-10H2,1-3H3,(H,21,22). The third kappa shape index (κ3) is 5.21. The van der Waals surface area contributed by atoms with E-state index >= 15 is 0 Å². The summed E-state index contributed by atoms with van der Waals surface area (Å²) in [6.45, 7) is 7.78. The van der Waals surface area contributed by atoms with Gasteiger partial charge in [0, 0.05) is 5.41 Å². The van der Waals surface area contributed by atoms with Crippen LogP contribution in [0.4, 0.5) is 0 Å². The second-order valence-corrected chi connectivity index (χ2v) is 8.22. The molecule has 2 rings (SSSR count). The molecule has 128 valence electrons. The maximum Gasteiger partial charge on any atom is 0.345 e. The molecule has 4 nitrogen and oxygen atoms in total. The number of ether oxygens (including phenoxy) is 1. The minimum Gasteiger partial charge on any atom is -0.478 e. The Hall–Kier alpha value is -1.07. The monoisotopic (exact) mass is 383 g/mol. The first-order chi connectivity index (χ1) is 10.8. The van der Waals surface area contributed by atoms with Crippen LogP contribution in [0.25, 0.3) is 0 Å². The number of aliphatic carboxylic acids is 1. The van der Waals surface area contributed by atoms with E-state index in [-0.39, 0.29) is 0 Å². The van der Waals surface area contributed by atoms with Crippen molar-refractivity contribution in [3.63, 3.8) is 0 Å². The van der Waals surface area contributed by atoms with E-state index in [1.165, 1.54) is 18.4 Å². The quantitative estimate of drug-likeness (QED) is 0.809. The molecule has 1 aromatic carbocycles. The molecule has 0 radical (unpaired) electrons. The topological polar surface area (TPSA) is 58.6 Å². The highest BCUT2D eigenvalue weighted by Crippen LogP contribution is 2.32. The first kappa shape index (κ1) is 18.3. The van der Waals surface area contributed by atoms with Crippen LogP contribution in [0.15, 0.2) is 22.7 Å². The first-order valence-electron chi connectivity index (χ1n) is 8.16. The Morgan fingerprint density at radius 2 is 2.04 bits per heavy atom. The zero-order valence-corrected chi connectivity index (χ0v) is 15.6. The summed E-state index contributed by atoms with van der Waals surface area (Å²) in [5.41, 5.74) is 0.726. The molecule has 1 fully saturated rings. The molecule has 23 heavy (non-hydrogen) atoms. The summed E-state index contributed by atoms with van der Waals surface area (Å²) < 4.78 is 6.64. The van der Waals surface area contributed by atoms with Gasteiger partial charge in [-0.2, -0.15) is 0 Å². The number of benzene rings is 1. The van der Waals surface area contributed by atoms with E-state index in [0.29, 0.717) is 11.7 Å². The molecule has 0 aliphatic carbocycles. The Bertz CT molecular complexity index is 548. The summed E-state index contributed by atoms with van der Waals surface area (Å²) in [6, 6.07) is 6.02. The summed E-state index contributed by atoms with van der Waals surface area (Å²) in [5, 5.41) is 12.8. The van der Waals surface area contributed by atoms with Gasteiger partial charge in [-0.05, 0) is 71.9 Å². The lowest BCUT2D eigenvalue weighted by Crippen LogP contribution is -2.39. The average molecular weight is 384 g/mol. The van der Waals surface area contributed by atoms with Gasteiger partial charge in [0.1, 0.15) is 5.75 Å². The molecule has 5 heteroatoms. The van der Waals surface area contributed by atoms with E-state index in [1.54, 1.807) is 0 Å². The van der Waals surface area contributed by atoms with E-state index in [0.717, 1.165) is 24.0 Å². The number of nitrogens with one attached hydrogen (secondary N) is 1. The first-order valence-corrected chi connectivity index (χ1v) is 8.95. The second-order valence-electron chi connectivity index (χ2n) is 7.36. The van der Waals surface area contributed by atoms with Crippen LogP contribution < -0.4 is 10.1 Å². The lowest BCUT2D eigenvalue weighted by Gasteiger charge is -2.28. The van der Waals surface area contributed by atoms with Crippen molar-refractivity contribution >= 4 is 21.9 Å². The van der Waals surface area contributed by atoms with Gasteiger partial charge in [0.2, 0.25) is 0 Å². The summed E-state index contributed by atoms with van der Waals surface area (Å²) in [4.78, 5) is 11.5. The van der Waals surface area contributed by atoms with Crippen LogP contribution >= 0.6 is 15.9 Å². The molecule has 1 aliphatic heterocycles. The molecular formula is C18H26BrNO3. The Kier molecular flexibility index (Phi) is 6.09. The van der Waals surface area contributed by atoms with Crippen LogP contribution in [0.2, 0.25) is 0 Å². The van der Waals surface area contributed by atoms with E-state index in [4.69, 9.17) is 4.74 Å². The number of hydrogen-bond acceptors (Lipinski definition) is 3. The molecule has 0 spiro atoms. The summed E-state index contributed by atoms with van der Waals surface area (Å²) in [6.07, 6.45) is 2.50. The molecule has 1 unspecified atom stereocenters. The summed E-state index contributed by atoms with van der Waals surface area (Å²) >= 11 is 3.47. The highest BCUT2D eigenvalue weighted by atomic mass is 79.9. The number of hydrogen-bond donors (Lipinski definition) is 2. The number of piperidine rings is 1. The number of carboxylic acids is 1. The van der Waals surface area contributed by atoms with E-state index in [2.05, 4.69) is 27.3 Å². The minimum absolute atomic E-state index is 0.476. The molecule has 1 aliphatic rings. The van der Waals surface area contributed by atoms with Gasteiger partial charge in [0.05, 0.1) is 4.47 Å². The smallest absolute Gasteiger partial charge is 0.345 e. The fourth-order valence-corrected chi connectivity index (χ4v) is 3.25. The van der Waals surface area contributed by atoms with E-state index < -0.39 is 17.5 Å². The zero-order valence-electron chi connectivity index (χ0n) is 14.1. The van der Waals surface area contributed by atoms with Crippen LogP contribution in [0, 0.1) is 11.3 Å². The third-order valence-electron chi connectivity index (χ3n) is 4.23. The summed E-state index contributed by atoms with van der Waals surface area (Å²) in [5.74, 6) is 0.357. The lowest BCUT2D eigenvalue weighted by molar-refractivity contribution is -0.150. The van der Waals surface area contributed by atoms with Crippen LogP contribution in [-0.4, -0.2) is 30.3 Å². The molecular weight excluding hydrogens is 358 g/mol. The Balaban J connectivity index is 2.14. The minimum atomic E-state index is -0.937. The van der Waals surface area contributed by atoms with Crippen molar-refractivity contribution in [2.75, 3.05) is 13.1 Å². The molecule has 1 heterocycles. The van der Waals surface area contributed by atoms with Crippen LogP contribution in [0.5, 0.6) is 5.75 Å². The van der Waals surface area contributed by atoms with E-state index in [1.807, 2.05) is 32.9 Å². The molecule has 0 bridgehead atoms. The number of halogens is 1. The Labute approximate surface area is 146 Å². The van der Waals surface area contributed by atoms with Crippen LogP contribution in [0.3, 0.4) is 0 Å². The average Bonchev–Trinajstić information content (AvgIpc) is 2.47. The van der Waals surface area contributed by atoms with Gasteiger partial charge in [0.25, 0.3) is 0 Å². The van der Waals surface area contributed by atoms with Gasteiger partial charge in [-0.15, -0.1) is 0 Å². The van der Waals surface area contributed by atoms with Crippen molar-refractivity contribution in [2.24, 2.45) is 11.3 Å².